The highest BCUT2D eigenvalue weighted by Crippen LogP contribution is 2.38. The van der Waals surface area contributed by atoms with Crippen LogP contribution in [-0.4, -0.2) is 40.2 Å². The predicted molar refractivity (Wildman–Crippen MR) is 146 cm³/mol. The zero-order valence-electron chi connectivity index (χ0n) is 21.5. The molecule has 1 N–H and O–H groups in total. The lowest BCUT2D eigenvalue weighted by Crippen LogP contribution is -2.43. The molecular formula is C30H30F3N5O. The number of halogens is 3. The number of benzene rings is 2. The van der Waals surface area contributed by atoms with Gasteiger partial charge in [-0.25, -0.2) is 4.98 Å². The zero-order valence-corrected chi connectivity index (χ0v) is 21.5. The minimum absolute atomic E-state index is 0.101. The summed E-state index contributed by atoms with van der Waals surface area (Å²) in [6, 6.07) is 17.4. The van der Waals surface area contributed by atoms with E-state index in [4.69, 9.17) is 4.98 Å². The van der Waals surface area contributed by atoms with E-state index in [1.807, 2.05) is 6.07 Å². The van der Waals surface area contributed by atoms with Crippen molar-refractivity contribution in [2.45, 2.75) is 50.4 Å². The normalized spacial score (nSPS) is 16.6. The Morgan fingerprint density at radius 3 is 2.33 bits per heavy atom. The largest absolute Gasteiger partial charge is 0.416 e. The first-order chi connectivity index (χ1) is 18.9. The number of anilines is 1. The van der Waals surface area contributed by atoms with Crippen LogP contribution in [0.3, 0.4) is 0 Å². The van der Waals surface area contributed by atoms with Crippen LogP contribution in [0.2, 0.25) is 0 Å². The van der Waals surface area contributed by atoms with Crippen LogP contribution in [-0.2, 0) is 12.6 Å². The van der Waals surface area contributed by atoms with Crippen LogP contribution < -0.4 is 15.8 Å². The molecule has 1 saturated carbocycles. The highest BCUT2D eigenvalue weighted by Gasteiger charge is 2.31. The molecule has 1 saturated heterocycles. The Labute approximate surface area is 224 Å². The van der Waals surface area contributed by atoms with Crippen LogP contribution in [0.1, 0.15) is 42.9 Å². The highest BCUT2D eigenvalue weighted by molar-refractivity contribution is 5.92. The number of hydrogen-bond acceptors (Lipinski definition) is 5. The summed E-state index contributed by atoms with van der Waals surface area (Å²) in [5, 5.41) is 4.34. The van der Waals surface area contributed by atoms with Gasteiger partial charge in [-0.05, 0) is 67.5 Å². The van der Waals surface area contributed by atoms with Crippen LogP contribution in [0.4, 0.5) is 19.1 Å². The van der Waals surface area contributed by atoms with Crippen LogP contribution in [0.15, 0.2) is 71.7 Å². The Morgan fingerprint density at radius 2 is 1.67 bits per heavy atom. The molecule has 4 aromatic rings. The lowest BCUT2D eigenvalue weighted by molar-refractivity contribution is -0.137. The number of hydrogen-bond donors (Lipinski definition) is 1. The Bertz CT molecular complexity index is 1510. The van der Waals surface area contributed by atoms with Gasteiger partial charge in [0.25, 0.3) is 5.56 Å². The molecule has 6 nitrogen and oxygen atoms in total. The molecule has 1 aliphatic carbocycles. The van der Waals surface area contributed by atoms with Crippen molar-refractivity contribution >= 4 is 17.0 Å². The molecule has 0 amide bonds. The third-order valence-corrected chi connectivity index (χ3v) is 7.68. The van der Waals surface area contributed by atoms with Gasteiger partial charge in [0.15, 0.2) is 0 Å². The molecule has 0 radical (unpaired) electrons. The Hall–Kier alpha value is -3.72. The number of nitrogens with zero attached hydrogens (tertiary/aromatic N) is 4. The van der Waals surface area contributed by atoms with Gasteiger partial charge in [0.2, 0.25) is 5.95 Å². The summed E-state index contributed by atoms with van der Waals surface area (Å²) in [6.07, 6.45) is 2.05. The van der Waals surface area contributed by atoms with Gasteiger partial charge in [0.1, 0.15) is 5.65 Å². The third-order valence-electron chi connectivity index (χ3n) is 7.68. The second kappa shape index (κ2) is 10.4. The van der Waals surface area contributed by atoms with Crippen LogP contribution in [0.25, 0.3) is 22.2 Å². The van der Waals surface area contributed by atoms with Gasteiger partial charge in [-0.3, -0.25) is 9.36 Å². The fourth-order valence-electron chi connectivity index (χ4n) is 5.38. The van der Waals surface area contributed by atoms with Gasteiger partial charge < -0.3 is 10.2 Å². The molecule has 2 aromatic heterocycles. The summed E-state index contributed by atoms with van der Waals surface area (Å²) < 4.78 is 41.0. The summed E-state index contributed by atoms with van der Waals surface area (Å²) in [4.78, 5) is 24.8. The smallest absolute Gasteiger partial charge is 0.341 e. The Morgan fingerprint density at radius 1 is 0.949 bits per heavy atom. The van der Waals surface area contributed by atoms with E-state index in [9.17, 15) is 18.0 Å². The lowest BCUT2D eigenvalue weighted by atomic mass is 10.0. The van der Waals surface area contributed by atoms with Crippen molar-refractivity contribution < 1.29 is 13.2 Å². The van der Waals surface area contributed by atoms with E-state index < -0.39 is 11.7 Å². The molecular weight excluding hydrogens is 503 g/mol. The summed E-state index contributed by atoms with van der Waals surface area (Å²) in [6.45, 7) is 2.54. The van der Waals surface area contributed by atoms with Crippen molar-refractivity contribution in [3.63, 3.8) is 0 Å². The number of alkyl halides is 3. The molecule has 3 heterocycles. The molecule has 202 valence electrons. The van der Waals surface area contributed by atoms with Crippen LogP contribution in [0, 0.1) is 0 Å². The van der Waals surface area contributed by atoms with Crippen molar-refractivity contribution in [1.82, 2.24) is 19.9 Å². The predicted octanol–water partition coefficient (Wildman–Crippen LogP) is 5.61. The minimum atomic E-state index is -4.42. The average molecular weight is 534 g/mol. The minimum Gasteiger partial charge on any atom is -0.341 e. The zero-order chi connectivity index (χ0) is 27.0. The molecule has 0 spiro atoms. The molecule has 0 unspecified atom stereocenters. The van der Waals surface area contributed by atoms with E-state index in [0.717, 1.165) is 63.9 Å². The molecule has 6 rings (SSSR count). The van der Waals surface area contributed by atoms with E-state index in [1.54, 1.807) is 10.8 Å². The number of fused-ring (bicyclic) bond motifs is 1. The maximum absolute atomic E-state index is 13.2. The summed E-state index contributed by atoms with van der Waals surface area (Å²) in [5.74, 6) is 0.587. The molecule has 0 atom stereocenters. The molecule has 2 fully saturated rings. The molecule has 2 aliphatic rings. The van der Waals surface area contributed by atoms with Crippen LogP contribution >= 0.6 is 0 Å². The quantitative estimate of drug-likeness (QED) is 0.335. The number of rotatable bonds is 7. The Balaban J connectivity index is 1.22. The maximum Gasteiger partial charge on any atom is 0.416 e. The fraction of sp³-hybridized carbons (Fsp3) is 0.367. The molecule has 1 aliphatic heterocycles. The van der Waals surface area contributed by atoms with Crippen LogP contribution in [0.5, 0.6) is 0 Å². The van der Waals surface area contributed by atoms with Crippen molar-refractivity contribution in [2.75, 3.05) is 24.5 Å². The Kier molecular flexibility index (Phi) is 6.85. The SMILES string of the molecule is O=c1cc(-c2ccc(C(F)(F)F)cc2)c2cnc(N3CCC(NCCc4ccccc4)CC3)nc2n1C1CC1. The first kappa shape index (κ1) is 25.6. The van der Waals surface area contributed by atoms with E-state index in [2.05, 4.69) is 39.5 Å². The summed E-state index contributed by atoms with van der Waals surface area (Å²) in [5.41, 5.74) is 2.04. The number of piperidine rings is 1. The third kappa shape index (κ3) is 5.54. The second-order valence-corrected chi connectivity index (χ2v) is 10.4. The lowest BCUT2D eigenvalue weighted by Gasteiger charge is -2.32. The molecule has 2 aromatic carbocycles. The molecule has 9 heteroatoms. The van der Waals surface area contributed by atoms with Crippen molar-refractivity contribution in [2.24, 2.45) is 0 Å². The summed E-state index contributed by atoms with van der Waals surface area (Å²) >= 11 is 0. The van der Waals surface area contributed by atoms with Gasteiger partial charge in [-0.2, -0.15) is 18.2 Å². The van der Waals surface area contributed by atoms with E-state index in [0.29, 0.717) is 34.2 Å². The average Bonchev–Trinajstić information content (AvgIpc) is 3.78. The number of nitrogens with one attached hydrogen (secondary N) is 1. The van der Waals surface area contributed by atoms with Gasteiger partial charge in [0.05, 0.1) is 5.56 Å². The van der Waals surface area contributed by atoms with E-state index >= 15 is 0 Å². The second-order valence-electron chi connectivity index (χ2n) is 10.4. The van der Waals surface area contributed by atoms with Crippen molar-refractivity contribution in [1.29, 1.82) is 0 Å². The topological polar surface area (TPSA) is 63.1 Å². The maximum atomic E-state index is 13.2. The number of pyridine rings is 1. The molecule has 39 heavy (non-hydrogen) atoms. The van der Waals surface area contributed by atoms with Gasteiger partial charge >= 0.3 is 6.18 Å². The van der Waals surface area contributed by atoms with Crippen molar-refractivity contribution in [3.05, 3.63) is 88.3 Å². The standard InChI is InChI=1S/C30H30F3N5O/c31-30(32,33)22-8-6-21(7-9-22)25-18-27(39)38(24-10-11-24)28-26(25)19-35-29(36-28)37-16-13-23(14-17-37)34-15-12-20-4-2-1-3-5-20/h1-9,18-19,23-24,34H,10-17H2. The van der Waals surface area contributed by atoms with E-state index in [1.165, 1.54) is 23.8 Å². The summed E-state index contributed by atoms with van der Waals surface area (Å²) in [7, 11) is 0. The van der Waals surface area contributed by atoms with Gasteiger partial charge in [0, 0.05) is 42.8 Å². The fourth-order valence-corrected chi connectivity index (χ4v) is 5.38. The highest BCUT2D eigenvalue weighted by atomic mass is 19.4. The van der Waals surface area contributed by atoms with E-state index in [-0.39, 0.29) is 11.6 Å². The first-order valence-electron chi connectivity index (χ1n) is 13.5. The number of aromatic nitrogens is 3. The monoisotopic (exact) mass is 533 g/mol. The van der Waals surface area contributed by atoms with Crippen molar-refractivity contribution in [3.8, 4) is 11.1 Å². The van der Waals surface area contributed by atoms with Gasteiger partial charge in [-0.15, -0.1) is 0 Å². The first-order valence-corrected chi connectivity index (χ1v) is 13.5. The van der Waals surface area contributed by atoms with Gasteiger partial charge in [-0.1, -0.05) is 42.5 Å². The molecule has 0 bridgehead atoms.